The molecule has 0 fully saturated rings. The molecule has 0 radical (unpaired) electrons. The summed E-state index contributed by atoms with van der Waals surface area (Å²) < 4.78 is 23.5. The van der Waals surface area contributed by atoms with Gasteiger partial charge in [0.05, 0.1) is 16.3 Å². The van der Waals surface area contributed by atoms with Gasteiger partial charge in [-0.1, -0.05) is 6.07 Å². The summed E-state index contributed by atoms with van der Waals surface area (Å²) in [5.74, 6) is 0. The number of hydrogen-bond donors (Lipinski definition) is 1. The van der Waals surface area contributed by atoms with Crippen LogP contribution in [0.25, 0.3) is 0 Å². The van der Waals surface area contributed by atoms with E-state index in [0.29, 0.717) is 4.90 Å². The van der Waals surface area contributed by atoms with Crippen LogP contribution in [0.1, 0.15) is 13.3 Å². The number of sulfone groups is 1. The lowest BCUT2D eigenvalue weighted by Crippen LogP contribution is -2.23. The smallest absolute Gasteiger partial charge is 0.177 e. The van der Waals surface area contributed by atoms with Gasteiger partial charge < -0.3 is 10.2 Å². The molecule has 1 N–H and O–H groups in total. The molecular weight excluding hydrogens is 236 g/mol. The van der Waals surface area contributed by atoms with Gasteiger partial charge in [0.1, 0.15) is 0 Å². The standard InChI is InChI=1S/C12H18N2O2S/c1-3-14-9-5-8-13-12-10(14)6-4-7-11(12)17(2,15)16/h4,6-7,13H,3,5,8-9H2,1-2H3. The zero-order valence-electron chi connectivity index (χ0n) is 10.2. The van der Waals surface area contributed by atoms with E-state index in [1.54, 1.807) is 6.07 Å². The minimum absolute atomic E-state index is 0.398. The summed E-state index contributed by atoms with van der Waals surface area (Å²) in [5.41, 5.74) is 1.75. The third-order valence-corrected chi connectivity index (χ3v) is 4.17. The molecule has 0 amide bonds. The molecule has 0 atom stereocenters. The van der Waals surface area contributed by atoms with Crippen LogP contribution in [-0.2, 0) is 9.84 Å². The largest absolute Gasteiger partial charge is 0.382 e. The predicted molar refractivity (Wildman–Crippen MR) is 70.5 cm³/mol. The Morgan fingerprint density at radius 3 is 2.82 bits per heavy atom. The molecule has 0 bridgehead atoms. The topological polar surface area (TPSA) is 49.4 Å². The van der Waals surface area contributed by atoms with E-state index < -0.39 is 9.84 Å². The molecule has 17 heavy (non-hydrogen) atoms. The maximum atomic E-state index is 11.8. The van der Waals surface area contributed by atoms with Gasteiger partial charge in [-0.3, -0.25) is 0 Å². The van der Waals surface area contributed by atoms with Crippen LogP contribution in [0.2, 0.25) is 0 Å². The molecule has 0 aliphatic carbocycles. The van der Waals surface area contributed by atoms with Crippen LogP contribution in [0, 0.1) is 0 Å². The van der Waals surface area contributed by atoms with Crippen molar-refractivity contribution in [2.24, 2.45) is 0 Å². The third kappa shape index (κ3) is 2.39. The molecule has 1 aromatic carbocycles. The average Bonchev–Trinajstić information content (AvgIpc) is 2.48. The molecule has 0 saturated carbocycles. The van der Waals surface area contributed by atoms with Crippen molar-refractivity contribution in [2.45, 2.75) is 18.2 Å². The zero-order valence-corrected chi connectivity index (χ0v) is 11.0. The van der Waals surface area contributed by atoms with E-state index in [1.807, 2.05) is 12.1 Å². The lowest BCUT2D eigenvalue weighted by Gasteiger charge is -2.23. The fraction of sp³-hybridized carbons (Fsp3) is 0.500. The molecule has 1 aliphatic heterocycles. The summed E-state index contributed by atoms with van der Waals surface area (Å²) in [4.78, 5) is 2.61. The van der Waals surface area contributed by atoms with Gasteiger partial charge in [0.15, 0.2) is 9.84 Å². The van der Waals surface area contributed by atoms with E-state index in [4.69, 9.17) is 0 Å². The summed E-state index contributed by atoms with van der Waals surface area (Å²) in [6.45, 7) is 4.75. The van der Waals surface area contributed by atoms with Gasteiger partial charge in [0.2, 0.25) is 0 Å². The minimum atomic E-state index is -3.18. The van der Waals surface area contributed by atoms with Gasteiger partial charge in [-0.2, -0.15) is 0 Å². The van der Waals surface area contributed by atoms with Crippen LogP contribution in [0.5, 0.6) is 0 Å². The predicted octanol–water partition coefficient (Wildman–Crippen LogP) is 1.73. The Kier molecular flexibility index (Phi) is 3.28. The van der Waals surface area contributed by atoms with E-state index >= 15 is 0 Å². The summed E-state index contributed by atoms with van der Waals surface area (Å²) in [7, 11) is -3.18. The Labute approximate surface area is 103 Å². The van der Waals surface area contributed by atoms with E-state index in [1.165, 1.54) is 6.26 Å². The first kappa shape index (κ1) is 12.2. The molecule has 1 aromatic rings. The van der Waals surface area contributed by atoms with Crippen molar-refractivity contribution in [1.29, 1.82) is 0 Å². The van der Waals surface area contributed by atoms with Crippen molar-refractivity contribution >= 4 is 21.2 Å². The van der Waals surface area contributed by atoms with Crippen LogP contribution < -0.4 is 10.2 Å². The van der Waals surface area contributed by atoms with E-state index in [9.17, 15) is 8.42 Å². The second kappa shape index (κ2) is 4.56. The molecule has 4 nitrogen and oxygen atoms in total. The number of rotatable bonds is 2. The average molecular weight is 254 g/mol. The van der Waals surface area contributed by atoms with Crippen molar-refractivity contribution < 1.29 is 8.42 Å². The Morgan fingerprint density at radius 2 is 2.18 bits per heavy atom. The zero-order chi connectivity index (χ0) is 12.5. The lowest BCUT2D eigenvalue weighted by molar-refractivity contribution is 0.602. The highest BCUT2D eigenvalue weighted by Crippen LogP contribution is 2.34. The number of nitrogens with one attached hydrogen (secondary N) is 1. The van der Waals surface area contributed by atoms with Gasteiger partial charge in [-0.15, -0.1) is 0 Å². The molecule has 0 saturated heterocycles. The molecule has 0 unspecified atom stereocenters. The van der Waals surface area contributed by atoms with Crippen LogP contribution in [0.3, 0.4) is 0 Å². The van der Waals surface area contributed by atoms with Crippen LogP contribution in [0.15, 0.2) is 23.1 Å². The molecule has 5 heteroatoms. The van der Waals surface area contributed by atoms with E-state index in [0.717, 1.165) is 37.4 Å². The highest BCUT2D eigenvalue weighted by atomic mass is 32.2. The maximum absolute atomic E-state index is 11.8. The maximum Gasteiger partial charge on any atom is 0.177 e. The highest BCUT2D eigenvalue weighted by Gasteiger charge is 2.20. The summed E-state index contributed by atoms with van der Waals surface area (Å²) in [5, 5.41) is 3.24. The SMILES string of the molecule is CCN1CCCNc2c1cccc2S(C)(=O)=O. The van der Waals surface area contributed by atoms with Crippen molar-refractivity contribution in [3.63, 3.8) is 0 Å². The molecule has 0 spiro atoms. The van der Waals surface area contributed by atoms with Crippen molar-refractivity contribution in [2.75, 3.05) is 36.1 Å². The van der Waals surface area contributed by atoms with E-state index in [2.05, 4.69) is 17.1 Å². The first-order valence-electron chi connectivity index (χ1n) is 5.86. The van der Waals surface area contributed by atoms with Gasteiger partial charge in [-0.05, 0) is 25.5 Å². The Morgan fingerprint density at radius 1 is 1.41 bits per heavy atom. The van der Waals surface area contributed by atoms with Crippen LogP contribution >= 0.6 is 0 Å². The lowest BCUT2D eigenvalue weighted by atomic mass is 10.2. The van der Waals surface area contributed by atoms with Crippen molar-refractivity contribution in [3.8, 4) is 0 Å². The molecular formula is C12H18N2O2S. The summed E-state index contributed by atoms with van der Waals surface area (Å²) in [6.07, 6.45) is 2.27. The monoisotopic (exact) mass is 254 g/mol. The van der Waals surface area contributed by atoms with E-state index in [-0.39, 0.29) is 0 Å². The minimum Gasteiger partial charge on any atom is -0.382 e. The van der Waals surface area contributed by atoms with Crippen molar-refractivity contribution in [1.82, 2.24) is 0 Å². The van der Waals surface area contributed by atoms with Gasteiger partial charge in [-0.25, -0.2) is 8.42 Å². The van der Waals surface area contributed by atoms with Gasteiger partial charge in [0.25, 0.3) is 0 Å². The number of hydrogen-bond acceptors (Lipinski definition) is 4. The second-order valence-electron chi connectivity index (χ2n) is 4.28. The first-order chi connectivity index (χ1) is 8.04. The Bertz CT molecular complexity index is 511. The fourth-order valence-corrected chi connectivity index (χ4v) is 3.08. The molecule has 2 rings (SSSR count). The Hall–Kier alpha value is -1.23. The number of fused-ring (bicyclic) bond motifs is 1. The molecule has 1 heterocycles. The number of anilines is 2. The van der Waals surface area contributed by atoms with Crippen LogP contribution in [-0.4, -0.2) is 34.3 Å². The first-order valence-corrected chi connectivity index (χ1v) is 7.75. The summed E-state index contributed by atoms with van der Waals surface area (Å²) >= 11 is 0. The Balaban J connectivity index is 2.60. The van der Waals surface area contributed by atoms with Gasteiger partial charge in [0, 0.05) is 25.9 Å². The molecule has 1 aliphatic rings. The van der Waals surface area contributed by atoms with Gasteiger partial charge >= 0.3 is 0 Å². The number of nitrogens with zero attached hydrogens (tertiary/aromatic N) is 1. The normalized spacial score (nSPS) is 16.0. The summed E-state index contributed by atoms with van der Waals surface area (Å²) in [6, 6.07) is 5.46. The number of para-hydroxylation sites is 1. The quantitative estimate of drug-likeness (QED) is 0.873. The third-order valence-electron chi connectivity index (χ3n) is 3.03. The highest BCUT2D eigenvalue weighted by molar-refractivity contribution is 7.90. The fourth-order valence-electron chi connectivity index (χ4n) is 2.20. The van der Waals surface area contributed by atoms with Crippen molar-refractivity contribution in [3.05, 3.63) is 18.2 Å². The van der Waals surface area contributed by atoms with Crippen LogP contribution in [0.4, 0.5) is 11.4 Å². The molecule has 94 valence electrons. The number of benzene rings is 1. The second-order valence-corrected chi connectivity index (χ2v) is 6.27. The molecule has 0 aromatic heterocycles.